The summed E-state index contributed by atoms with van der Waals surface area (Å²) in [6.07, 6.45) is -7.59. The molecule has 8 heteroatoms. The average Bonchev–Trinajstić information content (AvgIpc) is 2.63. The van der Waals surface area contributed by atoms with Crippen LogP contribution in [0.2, 0.25) is 0 Å². The third-order valence-corrected chi connectivity index (χ3v) is 4.76. The molecule has 0 aliphatic carbocycles. The van der Waals surface area contributed by atoms with Crippen LogP contribution in [-0.2, 0) is 25.5 Å². The zero-order valence-corrected chi connectivity index (χ0v) is 16.2. The van der Waals surface area contributed by atoms with Crippen LogP contribution in [0.15, 0.2) is 24.3 Å². The first-order valence-electron chi connectivity index (χ1n) is 9.37. The lowest BCUT2D eigenvalue weighted by molar-refractivity contribution is -0.286. The van der Waals surface area contributed by atoms with Crippen LogP contribution in [0, 0.1) is 5.92 Å². The first-order valence-corrected chi connectivity index (χ1v) is 9.37. The van der Waals surface area contributed by atoms with Crippen molar-refractivity contribution in [3.05, 3.63) is 35.4 Å². The largest absolute Gasteiger partial charge is 0.479 e. The molecule has 1 fully saturated rings. The van der Waals surface area contributed by atoms with Gasteiger partial charge >= 0.3 is 11.9 Å². The predicted octanol–water partition coefficient (Wildman–Crippen LogP) is 0.814. The highest BCUT2D eigenvalue weighted by atomic mass is 16.7. The van der Waals surface area contributed by atoms with Crippen molar-refractivity contribution < 1.29 is 39.5 Å². The zero-order valence-electron chi connectivity index (χ0n) is 16.2. The minimum atomic E-state index is -1.84. The summed E-state index contributed by atoms with van der Waals surface area (Å²) in [6, 6.07) is 7.56. The molecule has 0 spiro atoms. The molecule has 0 saturated carbocycles. The highest BCUT2D eigenvalue weighted by Gasteiger charge is 2.48. The number of aliphatic carboxylic acids is 1. The number of carboxylic acids is 1. The van der Waals surface area contributed by atoms with Gasteiger partial charge in [-0.2, -0.15) is 0 Å². The number of rotatable bonds is 7. The van der Waals surface area contributed by atoms with Crippen molar-refractivity contribution >= 4 is 11.9 Å². The summed E-state index contributed by atoms with van der Waals surface area (Å²) in [5.41, 5.74) is 1.87. The smallest absolute Gasteiger partial charge is 0.335 e. The number of hydrogen-bond acceptors (Lipinski definition) is 7. The maximum Gasteiger partial charge on any atom is 0.335 e. The minimum Gasteiger partial charge on any atom is -0.479 e. The lowest BCUT2D eigenvalue weighted by atomic mass is 9.94. The fourth-order valence-corrected chi connectivity index (χ4v) is 3.24. The van der Waals surface area contributed by atoms with E-state index in [0.29, 0.717) is 12.3 Å². The Morgan fingerprint density at radius 2 is 1.68 bits per heavy atom. The monoisotopic (exact) mass is 396 g/mol. The van der Waals surface area contributed by atoms with Gasteiger partial charge in [0.25, 0.3) is 0 Å². The van der Waals surface area contributed by atoms with Gasteiger partial charge < -0.3 is 29.9 Å². The van der Waals surface area contributed by atoms with Crippen molar-refractivity contribution in [2.24, 2.45) is 5.92 Å². The first kappa shape index (κ1) is 22.3. The maximum atomic E-state index is 12.6. The predicted molar refractivity (Wildman–Crippen MR) is 98.4 cm³/mol. The summed E-state index contributed by atoms with van der Waals surface area (Å²) < 4.78 is 10.2. The molecule has 0 bridgehead atoms. The quantitative estimate of drug-likeness (QED) is 0.498. The number of ether oxygens (including phenoxy) is 2. The first-order chi connectivity index (χ1) is 13.1. The number of aliphatic hydroxyl groups excluding tert-OH is 3. The fourth-order valence-electron chi connectivity index (χ4n) is 3.24. The molecule has 1 aliphatic rings. The molecule has 0 radical (unpaired) electrons. The number of esters is 1. The van der Waals surface area contributed by atoms with Gasteiger partial charge in [-0.1, -0.05) is 45.0 Å². The summed E-state index contributed by atoms with van der Waals surface area (Å²) in [5.74, 6) is -2.38. The third-order valence-electron chi connectivity index (χ3n) is 4.76. The molecule has 8 nitrogen and oxygen atoms in total. The number of benzene rings is 1. The van der Waals surface area contributed by atoms with E-state index in [1.807, 2.05) is 24.3 Å². The van der Waals surface area contributed by atoms with Crippen LogP contribution < -0.4 is 0 Å². The van der Waals surface area contributed by atoms with Gasteiger partial charge in [-0.15, -0.1) is 0 Å². The van der Waals surface area contributed by atoms with Gasteiger partial charge in [0, 0.05) is 0 Å². The standard InChI is InChI=1S/C20H28O8/c1-4-13(12-7-5-11(6-8-12)9-10(2)3)19(26)28-20-16(23)14(21)15(22)17(27-20)18(24)25/h5-8,10,13-17,20-23H,4,9H2,1-3H3,(H,24,25)/t13?,14-,15-,16+,17-,20-/m0/s1. The van der Waals surface area contributed by atoms with Crippen LogP contribution in [0.5, 0.6) is 0 Å². The van der Waals surface area contributed by atoms with Crippen molar-refractivity contribution in [1.82, 2.24) is 0 Å². The second kappa shape index (κ2) is 9.47. The van der Waals surface area contributed by atoms with Gasteiger partial charge in [0.15, 0.2) is 6.10 Å². The van der Waals surface area contributed by atoms with Crippen molar-refractivity contribution in [2.75, 3.05) is 0 Å². The average molecular weight is 396 g/mol. The summed E-state index contributed by atoms with van der Waals surface area (Å²) in [6.45, 7) is 6.03. The normalized spacial score (nSPS) is 28.8. The van der Waals surface area contributed by atoms with E-state index in [1.54, 1.807) is 6.92 Å². The molecule has 2 rings (SSSR count). The zero-order chi connectivity index (χ0) is 21.0. The van der Waals surface area contributed by atoms with Crippen LogP contribution in [0.3, 0.4) is 0 Å². The fraction of sp³-hybridized carbons (Fsp3) is 0.600. The number of hydrogen-bond donors (Lipinski definition) is 4. The second-order valence-electron chi connectivity index (χ2n) is 7.47. The maximum absolute atomic E-state index is 12.6. The lowest BCUT2D eigenvalue weighted by Gasteiger charge is -2.38. The highest BCUT2D eigenvalue weighted by Crippen LogP contribution is 2.27. The topological polar surface area (TPSA) is 134 Å². The van der Waals surface area contributed by atoms with E-state index in [0.717, 1.165) is 17.5 Å². The molecule has 6 atom stereocenters. The number of carbonyl (C=O) groups is 2. The molecule has 156 valence electrons. The van der Waals surface area contributed by atoms with E-state index < -0.39 is 48.6 Å². The molecule has 1 unspecified atom stereocenters. The molecular weight excluding hydrogens is 368 g/mol. The van der Waals surface area contributed by atoms with Crippen molar-refractivity contribution in [2.45, 2.75) is 70.2 Å². The Balaban J connectivity index is 2.11. The Labute approximate surface area is 163 Å². The van der Waals surface area contributed by atoms with Gasteiger partial charge in [-0.25, -0.2) is 4.79 Å². The SMILES string of the molecule is CCC(C(=O)O[C@@H]1O[C@H](C(=O)O)[C@@H](O)[C@H](O)[C@H]1O)c1ccc(CC(C)C)cc1. The second-order valence-corrected chi connectivity index (χ2v) is 7.47. The minimum absolute atomic E-state index is 0.415. The van der Waals surface area contributed by atoms with E-state index in [1.165, 1.54) is 0 Å². The molecule has 1 aliphatic heterocycles. The summed E-state index contributed by atoms with van der Waals surface area (Å²) in [4.78, 5) is 23.8. The highest BCUT2D eigenvalue weighted by molar-refractivity contribution is 5.78. The Hall–Kier alpha value is -2.00. The van der Waals surface area contributed by atoms with Crippen LogP contribution in [0.4, 0.5) is 0 Å². The molecular formula is C20H28O8. The molecule has 1 heterocycles. The Morgan fingerprint density at radius 1 is 1.07 bits per heavy atom. The van der Waals surface area contributed by atoms with Crippen LogP contribution in [0.1, 0.15) is 44.2 Å². The van der Waals surface area contributed by atoms with Gasteiger partial charge in [0.2, 0.25) is 6.29 Å². The molecule has 1 saturated heterocycles. The van der Waals surface area contributed by atoms with E-state index in [2.05, 4.69) is 13.8 Å². The molecule has 1 aromatic rings. The van der Waals surface area contributed by atoms with E-state index in [4.69, 9.17) is 14.6 Å². The van der Waals surface area contributed by atoms with Gasteiger partial charge in [0.1, 0.15) is 18.3 Å². The number of carboxylic acid groups (broad SMARTS) is 1. The summed E-state index contributed by atoms with van der Waals surface area (Å²) in [7, 11) is 0. The van der Waals surface area contributed by atoms with Gasteiger partial charge in [-0.3, -0.25) is 4.79 Å². The van der Waals surface area contributed by atoms with Crippen LogP contribution in [0.25, 0.3) is 0 Å². The molecule has 4 N–H and O–H groups in total. The van der Waals surface area contributed by atoms with Gasteiger partial charge in [0.05, 0.1) is 5.92 Å². The van der Waals surface area contributed by atoms with E-state index in [-0.39, 0.29) is 0 Å². The molecule has 0 amide bonds. The molecule has 0 aromatic heterocycles. The summed E-state index contributed by atoms with van der Waals surface area (Å²) in [5, 5.41) is 38.6. The molecule has 28 heavy (non-hydrogen) atoms. The van der Waals surface area contributed by atoms with E-state index in [9.17, 15) is 24.9 Å². The van der Waals surface area contributed by atoms with Gasteiger partial charge in [-0.05, 0) is 29.9 Å². The number of carbonyl (C=O) groups excluding carboxylic acids is 1. The third kappa shape index (κ3) is 5.08. The summed E-state index contributed by atoms with van der Waals surface area (Å²) >= 11 is 0. The van der Waals surface area contributed by atoms with Crippen molar-refractivity contribution in [3.8, 4) is 0 Å². The molecule has 1 aromatic carbocycles. The Morgan fingerprint density at radius 3 is 2.18 bits per heavy atom. The van der Waals surface area contributed by atoms with Crippen molar-refractivity contribution in [1.29, 1.82) is 0 Å². The van der Waals surface area contributed by atoms with Crippen LogP contribution >= 0.6 is 0 Å². The number of aliphatic hydroxyl groups is 3. The lowest BCUT2D eigenvalue weighted by Crippen LogP contribution is -2.60. The van der Waals surface area contributed by atoms with Crippen molar-refractivity contribution in [3.63, 3.8) is 0 Å². The van der Waals surface area contributed by atoms with Crippen LogP contribution in [-0.4, -0.2) is 63.1 Å². The Kier molecular flexibility index (Phi) is 7.54. The van der Waals surface area contributed by atoms with E-state index >= 15 is 0 Å². The Bertz CT molecular complexity index is 671.